The molecule has 0 bridgehead atoms. The third kappa shape index (κ3) is 3.22. The van der Waals surface area contributed by atoms with Gasteiger partial charge in [0.25, 0.3) is 0 Å². The summed E-state index contributed by atoms with van der Waals surface area (Å²) >= 11 is 0. The lowest BCUT2D eigenvalue weighted by molar-refractivity contribution is -0.132. The smallest absolute Gasteiger partial charge is 0.336 e. The topological polar surface area (TPSA) is 76.7 Å². The summed E-state index contributed by atoms with van der Waals surface area (Å²) in [6.07, 6.45) is 1.47. The zero-order valence-electron chi connectivity index (χ0n) is 10.3. The minimum absolute atomic E-state index is 0.140. The van der Waals surface area contributed by atoms with Crippen molar-refractivity contribution in [1.29, 1.82) is 0 Å². The minimum Gasteiger partial charge on any atom is -0.489 e. The second kappa shape index (κ2) is 5.39. The number of hydrogen-bond donors (Lipinski definition) is 1. The van der Waals surface area contributed by atoms with Crippen LogP contribution in [0.25, 0.3) is 11.0 Å². The molecule has 0 amide bonds. The Labute approximate surface area is 108 Å². The van der Waals surface area contributed by atoms with Gasteiger partial charge in [0.05, 0.1) is 0 Å². The molecule has 0 aliphatic rings. The standard InChI is InChI=1S/C14H12O5/c1-9(14(16)17)6-7-18-11-4-2-10-3-5-13(15)19-12(10)8-11/h2-6,8H,7H2,1H3,(H,16,17). The molecular weight excluding hydrogens is 248 g/mol. The molecule has 19 heavy (non-hydrogen) atoms. The molecule has 1 heterocycles. The Bertz CT molecular complexity index is 696. The quantitative estimate of drug-likeness (QED) is 0.673. The highest BCUT2D eigenvalue weighted by molar-refractivity contribution is 5.85. The number of rotatable bonds is 4. The summed E-state index contributed by atoms with van der Waals surface area (Å²) in [5.41, 5.74) is 0.225. The molecule has 1 N–H and O–H groups in total. The van der Waals surface area contributed by atoms with Crippen LogP contribution in [-0.4, -0.2) is 17.7 Å². The number of ether oxygens (including phenoxy) is 1. The first kappa shape index (κ1) is 12.9. The molecule has 0 aliphatic carbocycles. The van der Waals surface area contributed by atoms with E-state index in [0.29, 0.717) is 11.3 Å². The average molecular weight is 260 g/mol. The van der Waals surface area contributed by atoms with Gasteiger partial charge >= 0.3 is 11.6 Å². The first-order chi connectivity index (χ1) is 9.06. The van der Waals surface area contributed by atoms with E-state index >= 15 is 0 Å². The van der Waals surface area contributed by atoms with Crippen molar-refractivity contribution in [3.63, 3.8) is 0 Å². The number of carboxylic acids is 1. The fourth-order valence-electron chi connectivity index (χ4n) is 1.48. The molecule has 0 radical (unpaired) electrons. The van der Waals surface area contributed by atoms with Crippen molar-refractivity contribution in [1.82, 2.24) is 0 Å². The largest absolute Gasteiger partial charge is 0.489 e. The van der Waals surface area contributed by atoms with E-state index in [1.165, 1.54) is 19.1 Å². The van der Waals surface area contributed by atoms with Crippen molar-refractivity contribution in [2.24, 2.45) is 0 Å². The molecule has 2 rings (SSSR count). The third-order valence-electron chi connectivity index (χ3n) is 2.57. The highest BCUT2D eigenvalue weighted by atomic mass is 16.5. The maximum Gasteiger partial charge on any atom is 0.336 e. The highest BCUT2D eigenvalue weighted by Crippen LogP contribution is 2.19. The van der Waals surface area contributed by atoms with Gasteiger partial charge in [-0.05, 0) is 31.2 Å². The monoisotopic (exact) mass is 260 g/mol. The molecule has 1 aromatic heterocycles. The van der Waals surface area contributed by atoms with Gasteiger partial charge in [0.15, 0.2) is 0 Å². The fourth-order valence-corrected chi connectivity index (χ4v) is 1.48. The van der Waals surface area contributed by atoms with Crippen LogP contribution in [0.1, 0.15) is 6.92 Å². The van der Waals surface area contributed by atoms with Crippen molar-refractivity contribution in [3.8, 4) is 5.75 Å². The van der Waals surface area contributed by atoms with Gasteiger partial charge in [-0.2, -0.15) is 0 Å². The van der Waals surface area contributed by atoms with Crippen LogP contribution in [0.3, 0.4) is 0 Å². The summed E-state index contributed by atoms with van der Waals surface area (Å²) in [6.45, 7) is 1.63. The molecule has 0 spiro atoms. The predicted octanol–water partition coefficient (Wildman–Crippen LogP) is 2.20. The Morgan fingerprint density at radius 1 is 1.37 bits per heavy atom. The van der Waals surface area contributed by atoms with Crippen molar-refractivity contribution in [3.05, 3.63) is 52.4 Å². The highest BCUT2D eigenvalue weighted by Gasteiger charge is 2.01. The van der Waals surface area contributed by atoms with Gasteiger partial charge in [-0.3, -0.25) is 0 Å². The van der Waals surface area contributed by atoms with Crippen LogP contribution < -0.4 is 10.4 Å². The van der Waals surface area contributed by atoms with Crippen LogP contribution in [0.2, 0.25) is 0 Å². The van der Waals surface area contributed by atoms with E-state index in [1.807, 2.05) is 0 Å². The van der Waals surface area contributed by atoms with E-state index in [-0.39, 0.29) is 12.2 Å². The first-order valence-electron chi connectivity index (χ1n) is 5.63. The molecule has 5 heteroatoms. The maximum atomic E-state index is 11.1. The van der Waals surface area contributed by atoms with Gasteiger partial charge < -0.3 is 14.3 Å². The summed E-state index contributed by atoms with van der Waals surface area (Å²) in [7, 11) is 0. The number of benzene rings is 1. The number of carboxylic acid groups (broad SMARTS) is 1. The van der Waals surface area contributed by atoms with Gasteiger partial charge in [-0.25, -0.2) is 9.59 Å². The second-order valence-electron chi connectivity index (χ2n) is 3.96. The second-order valence-corrected chi connectivity index (χ2v) is 3.96. The van der Waals surface area contributed by atoms with Crippen LogP contribution in [0.15, 0.2) is 51.2 Å². The number of fused-ring (bicyclic) bond motifs is 1. The molecule has 5 nitrogen and oxygen atoms in total. The molecule has 98 valence electrons. The molecule has 0 fully saturated rings. The maximum absolute atomic E-state index is 11.1. The van der Waals surface area contributed by atoms with E-state index in [9.17, 15) is 9.59 Å². The molecule has 0 atom stereocenters. The Morgan fingerprint density at radius 3 is 2.84 bits per heavy atom. The SMILES string of the molecule is CC(=CCOc1ccc2ccc(=O)oc2c1)C(=O)O. The van der Waals surface area contributed by atoms with Crippen molar-refractivity contribution >= 4 is 16.9 Å². The van der Waals surface area contributed by atoms with E-state index in [0.717, 1.165) is 5.39 Å². The molecule has 0 aliphatic heterocycles. The van der Waals surface area contributed by atoms with Gasteiger partial charge in [0.1, 0.15) is 17.9 Å². The van der Waals surface area contributed by atoms with Crippen LogP contribution in [0.4, 0.5) is 0 Å². The molecule has 0 unspecified atom stereocenters. The fraction of sp³-hybridized carbons (Fsp3) is 0.143. The lowest BCUT2D eigenvalue weighted by atomic mass is 10.2. The Hall–Kier alpha value is -2.56. The lowest BCUT2D eigenvalue weighted by Gasteiger charge is -2.04. The number of carbonyl (C=O) groups is 1. The van der Waals surface area contributed by atoms with Crippen LogP contribution in [-0.2, 0) is 4.79 Å². The van der Waals surface area contributed by atoms with Gasteiger partial charge in [0, 0.05) is 23.1 Å². The predicted molar refractivity (Wildman–Crippen MR) is 69.4 cm³/mol. The van der Waals surface area contributed by atoms with Crippen LogP contribution >= 0.6 is 0 Å². The zero-order chi connectivity index (χ0) is 13.8. The zero-order valence-corrected chi connectivity index (χ0v) is 10.3. The Morgan fingerprint density at radius 2 is 2.11 bits per heavy atom. The summed E-state index contributed by atoms with van der Waals surface area (Å²) in [4.78, 5) is 21.7. The van der Waals surface area contributed by atoms with E-state index in [4.69, 9.17) is 14.3 Å². The average Bonchev–Trinajstić information content (AvgIpc) is 2.38. The third-order valence-corrected chi connectivity index (χ3v) is 2.57. The van der Waals surface area contributed by atoms with Gasteiger partial charge in [-0.15, -0.1) is 0 Å². The minimum atomic E-state index is -0.979. The summed E-state index contributed by atoms with van der Waals surface area (Å²) < 4.78 is 10.4. The molecular formula is C14H12O5. The summed E-state index contributed by atoms with van der Waals surface area (Å²) in [5, 5.41) is 9.47. The molecule has 0 saturated heterocycles. The van der Waals surface area contributed by atoms with Crippen molar-refractivity contribution in [2.45, 2.75) is 6.92 Å². The van der Waals surface area contributed by atoms with Crippen LogP contribution in [0.5, 0.6) is 5.75 Å². The van der Waals surface area contributed by atoms with Crippen LogP contribution in [0, 0.1) is 0 Å². The molecule has 0 saturated carbocycles. The van der Waals surface area contributed by atoms with Crippen molar-refractivity contribution < 1.29 is 19.1 Å². The van der Waals surface area contributed by atoms with Crippen molar-refractivity contribution in [2.75, 3.05) is 6.61 Å². The van der Waals surface area contributed by atoms with Gasteiger partial charge in [-0.1, -0.05) is 0 Å². The van der Waals surface area contributed by atoms with E-state index in [2.05, 4.69) is 0 Å². The summed E-state index contributed by atoms with van der Waals surface area (Å²) in [5.74, 6) is -0.468. The number of aliphatic carboxylic acids is 1. The van der Waals surface area contributed by atoms with E-state index in [1.54, 1.807) is 24.3 Å². The number of hydrogen-bond acceptors (Lipinski definition) is 4. The first-order valence-corrected chi connectivity index (χ1v) is 5.63. The van der Waals surface area contributed by atoms with E-state index < -0.39 is 11.6 Å². The van der Waals surface area contributed by atoms with Gasteiger partial charge in [0.2, 0.25) is 0 Å². The lowest BCUT2D eigenvalue weighted by Crippen LogP contribution is -2.01. The normalized spacial score (nSPS) is 11.5. The molecule has 2 aromatic rings. The molecule has 1 aromatic carbocycles. The Balaban J connectivity index is 2.15. The Kier molecular flexibility index (Phi) is 3.66. The summed E-state index contributed by atoms with van der Waals surface area (Å²) in [6, 6.07) is 8.11.